The summed E-state index contributed by atoms with van der Waals surface area (Å²) in [6.07, 6.45) is 3.44. The van der Waals surface area contributed by atoms with Gasteiger partial charge in [-0.05, 0) is 42.9 Å². The van der Waals surface area contributed by atoms with Crippen molar-refractivity contribution < 1.29 is 4.79 Å². The van der Waals surface area contributed by atoms with Crippen LogP contribution in [-0.4, -0.2) is 64.7 Å². The van der Waals surface area contributed by atoms with Crippen LogP contribution in [0.1, 0.15) is 21.6 Å². The molecule has 180 valence electrons. The van der Waals surface area contributed by atoms with Gasteiger partial charge in [0.05, 0.1) is 17.5 Å². The van der Waals surface area contributed by atoms with Crippen LogP contribution >= 0.6 is 22.9 Å². The minimum Gasteiger partial charge on any atom is -0.350 e. The van der Waals surface area contributed by atoms with Crippen molar-refractivity contribution in [3.8, 4) is 10.6 Å². The normalized spacial score (nSPS) is 15.3. The third-order valence-corrected chi connectivity index (χ3v) is 7.46. The number of nitrogens with one attached hydrogen (secondary N) is 1. The van der Waals surface area contributed by atoms with Crippen molar-refractivity contribution in [1.29, 1.82) is 0 Å². The van der Waals surface area contributed by atoms with Gasteiger partial charge in [0.1, 0.15) is 5.01 Å². The van der Waals surface area contributed by atoms with Crippen LogP contribution in [0.25, 0.3) is 21.5 Å². The smallest absolute Gasteiger partial charge is 0.273 e. The van der Waals surface area contributed by atoms with Crippen molar-refractivity contribution in [2.45, 2.75) is 6.54 Å². The van der Waals surface area contributed by atoms with E-state index in [0.717, 1.165) is 65.5 Å². The minimum absolute atomic E-state index is 0.257. The Labute approximate surface area is 213 Å². The molecule has 2 aromatic heterocycles. The molecule has 5 rings (SSSR count). The van der Waals surface area contributed by atoms with Gasteiger partial charge >= 0.3 is 0 Å². The third kappa shape index (κ3) is 5.46. The van der Waals surface area contributed by atoms with E-state index in [1.807, 2.05) is 42.1 Å². The molecule has 4 aromatic rings. The predicted molar refractivity (Wildman–Crippen MR) is 143 cm³/mol. The first-order valence-electron chi connectivity index (χ1n) is 11.5. The van der Waals surface area contributed by atoms with Crippen LogP contribution in [0.5, 0.6) is 0 Å². The monoisotopic (exact) mass is 506 g/mol. The van der Waals surface area contributed by atoms with Crippen LogP contribution in [-0.2, 0) is 13.6 Å². The molecule has 1 fully saturated rings. The second-order valence-electron chi connectivity index (χ2n) is 8.86. The second kappa shape index (κ2) is 10.3. The van der Waals surface area contributed by atoms with E-state index in [-0.39, 0.29) is 5.91 Å². The van der Waals surface area contributed by atoms with Crippen molar-refractivity contribution in [3.05, 3.63) is 75.9 Å². The van der Waals surface area contributed by atoms with Gasteiger partial charge < -0.3 is 9.47 Å². The number of aromatic nitrogens is 2. The summed E-state index contributed by atoms with van der Waals surface area (Å²) in [6, 6.07) is 13.4. The highest BCUT2D eigenvalue weighted by molar-refractivity contribution is 7.13. The number of carbonyl (C=O) groups is 1. The molecule has 0 atom stereocenters. The zero-order valence-electron chi connectivity index (χ0n) is 19.7. The van der Waals surface area contributed by atoms with Crippen molar-refractivity contribution in [3.63, 3.8) is 0 Å². The maximum absolute atomic E-state index is 12.9. The zero-order valence-corrected chi connectivity index (χ0v) is 21.3. The number of hydrazone groups is 1. The lowest BCUT2D eigenvalue weighted by Crippen LogP contribution is -2.43. The summed E-state index contributed by atoms with van der Waals surface area (Å²) >= 11 is 7.56. The van der Waals surface area contributed by atoms with E-state index in [0.29, 0.717) is 10.6 Å². The summed E-state index contributed by atoms with van der Waals surface area (Å²) in [5, 5.41) is 8.75. The predicted octanol–water partition coefficient (Wildman–Crippen LogP) is 4.47. The lowest BCUT2D eigenvalue weighted by molar-refractivity contribution is 0.0956. The lowest BCUT2D eigenvalue weighted by atomic mass is 10.1. The number of aryl methyl sites for hydroxylation is 1. The Morgan fingerprint density at radius 3 is 2.69 bits per heavy atom. The Bertz CT molecular complexity index is 1370. The first-order valence-corrected chi connectivity index (χ1v) is 12.8. The number of piperazine rings is 1. The molecule has 0 radical (unpaired) electrons. The van der Waals surface area contributed by atoms with Gasteiger partial charge in [0.25, 0.3) is 5.91 Å². The first-order chi connectivity index (χ1) is 17.0. The van der Waals surface area contributed by atoms with Crippen molar-refractivity contribution in [2.75, 3.05) is 33.2 Å². The number of likely N-dealkylation sites (N-methyl/N-ethyl adjacent to an activating group) is 1. The van der Waals surface area contributed by atoms with E-state index in [1.54, 1.807) is 29.7 Å². The van der Waals surface area contributed by atoms with E-state index in [2.05, 4.69) is 38.8 Å². The highest BCUT2D eigenvalue weighted by Crippen LogP contribution is 2.30. The largest absolute Gasteiger partial charge is 0.350 e. The van der Waals surface area contributed by atoms with Gasteiger partial charge in [0.2, 0.25) is 0 Å². The summed E-state index contributed by atoms with van der Waals surface area (Å²) in [4.78, 5) is 22.6. The fourth-order valence-electron chi connectivity index (χ4n) is 4.23. The van der Waals surface area contributed by atoms with Gasteiger partial charge in [-0.1, -0.05) is 23.7 Å². The molecule has 1 aliphatic heterocycles. The summed E-state index contributed by atoms with van der Waals surface area (Å²) in [6.45, 7) is 5.19. The number of amides is 1. The molecule has 0 unspecified atom stereocenters. The topological polar surface area (TPSA) is 65.8 Å². The van der Waals surface area contributed by atoms with Crippen molar-refractivity contribution in [2.24, 2.45) is 12.1 Å². The maximum atomic E-state index is 12.9. The third-order valence-electron chi connectivity index (χ3n) is 6.26. The van der Waals surface area contributed by atoms with Gasteiger partial charge in [-0.3, -0.25) is 9.69 Å². The Morgan fingerprint density at radius 2 is 1.91 bits per heavy atom. The molecule has 3 heterocycles. The Morgan fingerprint density at radius 1 is 1.14 bits per heavy atom. The molecule has 0 aliphatic carbocycles. The molecule has 1 amide bonds. The van der Waals surface area contributed by atoms with Gasteiger partial charge in [-0.15, -0.1) is 11.3 Å². The van der Waals surface area contributed by atoms with E-state index in [9.17, 15) is 4.79 Å². The van der Waals surface area contributed by atoms with Gasteiger partial charge in [-0.25, -0.2) is 10.4 Å². The number of benzene rings is 2. The summed E-state index contributed by atoms with van der Waals surface area (Å²) in [5.41, 5.74) is 7.16. The van der Waals surface area contributed by atoms with Crippen molar-refractivity contribution in [1.82, 2.24) is 24.8 Å². The first kappa shape index (κ1) is 23.7. The molecule has 7 nitrogen and oxygen atoms in total. The standard InChI is InChI=1S/C26H27ClN6OS/c1-31-9-11-33(12-10-31)15-21-17-35-26(29-21)19-5-8-24-22(13-19)23(16-32(24)2)25(34)30-28-14-18-3-6-20(27)7-4-18/h3-8,13-14,16-17H,9-12,15H2,1-2H3,(H,30,34)/b28-14+. The van der Waals surface area contributed by atoms with Crippen LogP contribution < -0.4 is 5.43 Å². The Hall–Kier alpha value is -3.04. The summed E-state index contributed by atoms with van der Waals surface area (Å²) in [5.74, 6) is -0.257. The number of thiazole rings is 1. The van der Waals surface area contributed by atoms with E-state index >= 15 is 0 Å². The highest BCUT2D eigenvalue weighted by atomic mass is 35.5. The summed E-state index contributed by atoms with van der Waals surface area (Å²) in [7, 11) is 4.10. The van der Waals surface area contributed by atoms with Crippen LogP contribution in [0.2, 0.25) is 5.02 Å². The van der Waals surface area contributed by atoms with Gasteiger partial charge in [0.15, 0.2) is 0 Å². The molecule has 1 saturated heterocycles. The molecule has 0 saturated carbocycles. The molecule has 1 aliphatic rings. The molecule has 0 bridgehead atoms. The van der Waals surface area contributed by atoms with Gasteiger partial charge in [0, 0.05) is 72.8 Å². The highest BCUT2D eigenvalue weighted by Gasteiger charge is 2.17. The Balaban J connectivity index is 1.33. The molecular formula is C26H27ClN6OS. The Kier molecular flexibility index (Phi) is 6.97. The number of fused-ring (bicyclic) bond motifs is 1. The van der Waals surface area contributed by atoms with E-state index < -0.39 is 0 Å². The average molecular weight is 507 g/mol. The SMILES string of the molecule is CN1CCN(Cc2csc(-c3ccc4c(c3)c(C(=O)N/N=C/c3ccc(Cl)cc3)cn4C)n2)CC1. The quantitative estimate of drug-likeness (QED) is 0.309. The van der Waals surface area contributed by atoms with Crippen LogP contribution in [0.4, 0.5) is 0 Å². The minimum atomic E-state index is -0.257. The van der Waals surface area contributed by atoms with Crippen LogP contribution in [0, 0.1) is 0 Å². The molecule has 35 heavy (non-hydrogen) atoms. The second-order valence-corrected chi connectivity index (χ2v) is 10.2. The number of hydrogen-bond donors (Lipinski definition) is 1. The molecule has 1 N–H and O–H groups in total. The fraction of sp³-hybridized carbons (Fsp3) is 0.269. The number of rotatable bonds is 6. The molecule has 0 spiro atoms. The van der Waals surface area contributed by atoms with Crippen LogP contribution in [0.15, 0.2) is 59.1 Å². The van der Waals surface area contributed by atoms with E-state index in [4.69, 9.17) is 16.6 Å². The van der Waals surface area contributed by atoms with Gasteiger partial charge in [-0.2, -0.15) is 5.10 Å². The fourth-order valence-corrected chi connectivity index (χ4v) is 5.16. The van der Waals surface area contributed by atoms with Crippen molar-refractivity contribution >= 4 is 46.0 Å². The zero-order chi connectivity index (χ0) is 24.4. The molecular weight excluding hydrogens is 480 g/mol. The number of carbonyl (C=O) groups excluding carboxylic acids is 1. The average Bonchev–Trinajstić information content (AvgIpc) is 3.46. The van der Waals surface area contributed by atoms with E-state index in [1.165, 1.54) is 0 Å². The van der Waals surface area contributed by atoms with Crippen LogP contribution in [0.3, 0.4) is 0 Å². The lowest BCUT2D eigenvalue weighted by Gasteiger charge is -2.31. The number of hydrogen-bond acceptors (Lipinski definition) is 6. The number of halogens is 1. The molecule has 9 heteroatoms. The summed E-state index contributed by atoms with van der Waals surface area (Å²) < 4.78 is 1.96. The maximum Gasteiger partial charge on any atom is 0.273 e. The molecule has 2 aromatic carbocycles. The number of nitrogens with zero attached hydrogens (tertiary/aromatic N) is 5.